The number of carbonyl (C=O) groups excluding carboxylic acids is 1. The van der Waals surface area contributed by atoms with Crippen LogP contribution >= 0.6 is 0 Å². The van der Waals surface area contributed by atoms with E-state index in [1.54, 1.807) is 6.92 Å². The zero-order valence-electron chi connectivity index (χ0n) is 7.07. The Labute approximate surface area is 75.7 Å². The smallest absolute Gasteiger partial charge is 0.369 e. The molecule has 0 aromatic rings. The molecule has 0 aliphatic heterocycles. The lowest BCUT2D eigenvalue weighted by Gasteiger charge is -2.09. The Kier molecular flexibility index (Phi) is 3.99. The highest BCUT2D eigenvalue weighted by atomic mass is 16.6. The molecule has 66 valence electrons. The van der Waals surface area contributed by atoms with E-state index in [9.17, 15) is 4.79 Å². The van der Waals surface area contributed by atoms with Gasteiger partial charge in [-0.05, 0) is 6.42 Å². The molecule has 0 heterocycles. The van der Waals surface area contributed by atoms with Gasteiger partial charge in [-0.1, -0.05) is 6.92 Å². The fourth-order valence-electron chi connectivity index (χ4n) is 0.569. The molecule has 5 nitrogen and oxygen atoms in total. The molecule has 0 aliphatic rings. The highest BCUT2D eigenvalue weighted by Gasteiger charge is 2.34. The van der Waals surface area contributed by atoms with E-state index in [1.165, 1.54) is 18.2 Å². The number of hydrogen-bond donors (Lipinski definition) is 0. The lowest BCUT2D eigenvalue weighted by Crippen LogP contribution is -2.29. The van der Waals surface area contributed by atoms with Gasteiger partial charge in [-0.3, -0.25) is 4.79 Å². The molecule has 0 saturated carbocycles. The molecule has 0 bridgehead atoms. The van der Waals surface area contributed by atoms with Gasteiger partial charge in [0.15, 0.2) is 0 Å². The third-order valence-corrected chi connectivity index (χ3v) is 1.19. The number of hydrogen-bond acceptors (Lipinski definition) is 5. The van der Waals surface area contributed by atoms with Gasteiger partial charge in [-0.25, -0.2) is 0 Å². The highest BCUT2D eigenvalue weighted by molar-refractivity contribution is 5.71. The second-order valence-electron chi connectivity index (χ2n) is 2.24. The van der Waals surface area contributed by atoms with Crippen molar-refractivity contribution in [2.75, 3.05) is 0 Å². The van der Waals surface area contributed by atoms with Crippen LogP contribution < -0.4 is 0 Å². The number of rotatable bonds is 3. The number of nitrogens with zero attached hydrogens (tertiary/aromatic N) is 3. The maximum absolute atomic E-state index is 10.9. The average Bonchev–Trinajstić information content (AvgIpc) is 2.15. The Bertz CT molecular complexity index is 280. The van der Waals surface area contributed by atoms with Crippen LogP contribution in [0.5, 0.6) is 0 Å². The second-order valence-corrected chi connectivity index (χ2v) is 2.24. The molecule has 0 amide bonds. The van der Waals surface area contributed by atoms with E-state index in [0.29, 0.717) is 6.42 Å². The third-order valence-electron chi connectivity index (χ3n) is 1.19. The molecule has 5 heteroatoms. The first kappa shape index (κ1) is 10.9. The van der Waals surface area contributed by atoms with E-state index in [-0.39, 0.29) is 6.42 Å². The monoisotopic (exact) mass is 177 g/mol. The zero-order valence-corrected chi connectivity index (χ0v) is 7.07. The first-order valence-electron chi connectivity index (χ1n) is 3.59. The average molecular weight is 177 g/mol. The van der Waals surface area contributed by atoms with E-state index in [1.807, 2.05) is 0 Å². The first-order chi connectivity index (χ1) is 6.14. The number of nitriles is 3. The van der Waals surface area contributed by atoms with Crippen molar-refractivity contribution >= 4 is 5.97 Å². The van der Waals surface area contributed by atoms with Crippen LogP contribution in [-0.4, -0.2) is 11.6 Å². The van der Waals surface area contributed by atoms with E-state index in [0.717, 1.165) is 0 Å². The van der Waals surface area contributed by atoms with Crippen LogP contribution in [0.3, 0.4) is 0 Å². The normalized spacial score (nSPS) is 9.08. The van der Waals surface area contributed by atoms with E-state index < -0.39 is 11.6 Å². The Hall–Kier alpha value is -2.06. The first-order valence-corrected chi connectivity index (χ1v) is 3.59. The standard InChI is InChI=1S/C8H7N3O2/c1-2-3-7(12)13-8(4-9,5-10)6-11/h2-3H2,1H3. The Morgan fingerprint density at radius 1 is 1.31 bits per heavy atom. The third kappa shape index (κ3) is 2.81. The minimum Gasteiger partial charge on any atom is -0.417 e. The van der Waals surface area contributed by atoms with Crippen molar-refractivity contribution in [2.45, 2.75) is 25.4 Å². The van der Waals surface area contributed by atoms with Gasteiger partial charge in [0.25, 0.3) is 0 Å². The largest absolute Gasteiger partial charge is 0.417 e. The summed E-state index contributed by atoms with van der Waals surface area (Å²) in [5.74, 6) is -0.716. The van der Waals surface area contributed by atoms with Gasteiger partial charge in [0.1, 0.15) is 18.2 Å². The summed E-state index contributed by atoms with van der Waals surface area (Å²) < 4.78 is 4.40. The zero-order chi connectivity index (χ0) is 10.3. The van der Waals surface area contributed by atoms with Crippen molar-refractivity contribution < 1.29 is 9.53 Å². The summed E-state index contributed by atoms with van der Waals surface area (Å²) in [5.41, 5.74) is -2.29. The van der Waals surface area contributed by atoms with Crippen LogP contribution in [0.4, 0.5) is 0 Å². The van der Waals surface area contributed by atoms with Gasteiger partial charge in [-0.15, -0.1) is 0 Å². The van der Waals surface area contributed by atoms with Gasteiger partial charge >= 0.3 is 11.6 Å². The molecule has 0 rings (SSSR count). The maximum atomic E-state index is 10.9. The fourth-order valence-corrected chi connectivity index (χ4v) is 0.569. The molecule has 0 spiro atoms. The van der Waals surface area contributed by atoms with Crippen molar-refractivity contribution in [3.63, 3.8) is 0 Å². The molecule has 0 aliphatic carbocycles. The van der Waals surface area contributed by atoms with Gasteiger partial charge in [0, 0.05) is 6.42 Å². The van der Waals surface area contributed by atoms with Gasteiger partial charge in [0.05, 0.1) is 0 Å². The molecule has 0 saturated heterocycles. The van der Waals surface area contributed by atoms with Crippen LogP contribution in [0.1, 0.15) is 19.8 Å². The predicted molar refractivity (Wildman–Crippen MR) is 40.6 cm³/mol. The van der Waals surface area contributed by atoms with E-state index >= 15 is 0 Å². The molecule has 0 unspecified atom stereocenters. The van der Waals surface area contributed by atoms with Crippen molar-refractivity contribution in [2.24, 2.45) is 0 Å². The summed E-state index contributed by atoms with van der Waals surface area (Å²) in [6.45, 7) is 1.74. The van der Waals surface area contributed by atoms with E-state index in [2.05, 4.69) is 4.74 Å². The van der Waals surface area contributed by atoms with Crippen molar-refractivity contribution in [3.8, 4) is 18.2 Å². The Balaban J connectivity index is 4.51. The summed E-state index contributed by atoms with van der Waals surface area (Å²) in [6, 6.07) is 4.02. The SMILES string of the molecule is CCCC(=O)OC(C#N)(C#N)C#N. The van der Waals surface area contributed by atoms with E-state index in [4.69, 9.17) is 15.8 Å². The summed E-state index contributed by atoms with van der Waals surface area (Å²) in [5, 5.41) is 25.3. The molecule has 0 N–H and O–H groups in total. The molecule has 0 fully saturated rings. The summed E-state index contributed by atoms with van der Waals surface area (Å²) in [6.07, 6.45) is 0.629. The van der Waals surface area contributed by atoms with Gasteiger partial charge < -0.3 is 4.74 Å². The summed E-state index contributed by atoms with van der Waals surface area (Å²) >= 11 is 0. The summed E-state index contributed by atoms with van der Waals surface area (Å²) in [7, 11) is 0. The summed E-state index contributed by atoms with van der Waals surface area (Å²) in [4.78, 5) is 10.9. The predicted octanol–water partition coefficient (Wildman–Crippen LogP) is 0.639. The van der Waals surface area contributed by atoms with Crippen molar-refractivity contribution in [1.82, 2.24) is 0 Å². The minimum absolute atomic E-state index is 0.0901. The Morgan fingerprint density at radius 3 is 2.08 bits per heavy atom. The molecular weight excluding hydrogens is 170 g/mol. The molecule has 0 radical (unpaired) electrons. The minimum atomic E-state index is -2.29. The molecule has 0 aromatic heterocycles. The number of ether oxygens (including phenoxy) is 1. The lowest BCUT2D eigenvalue weighted by molar-refractivity contribution is -0.147. The molecular formula is C8H7N3O2. The van der Waals surface area contributed by atoms with Crippen LogP contribution in [0.15, 0.2) is 0 Å². The highest BCUT2D eigenvalue weighted by Crippen LogP contribution is 2.09. The van der Waals surface area contributed by atoms with Crippen LogP contribution in [0.2, 0.25) is 0 Å². The van der Waals surface area contributed by atoms with Crippen molar-refractivity contribution in [3.05, 3.63) is 0 Å². The lowest BCUT2D eigenvalue weighted by atomic mass is 10.1. The second kappa shape index (κ2) is 4.74. The van der Waals surface area contributed by atoms with Crippen LogP contribution in [0, 0.1) is 34.0 Å². The van der Waals surface area contributed by atoms with Crippen LogP contribution in [0.25, 0.3) is 0 Å². The van der Waals surface area contributed by atoms with Crippen molar-refractivity contribution in [1.29, 1.82) is 15.8 Å². The fraction of sp³-hybridized carbons (Fsp3) is 0.500. The van der Waals surface area contributed by atoms with Gasteiger partial charge in [-0.2, -0.15) is 15.8 Å². The quantitative estimate of drug-likeness (QED) is 0.589. The molecule has 0 atom stereocenters. The molecule has 13 heavy (non-hydrogen) atoms. The Morgan fingerprint density at radius 2 is 1.77 bits per heavy atom. The number of carbonyl (C=O) groups is 1. The van der Waals surface area contributed by atoms with Gasteiger partial charge in [0.2, 0.25) is 0 Å². The topological polar surface area (TPSA) is 97.7 Å². The molecule has 0 aromatic carbocycles. The van der Waals surface area contributed by atoms with Crippen LogP contribution in [-0.2, 0) is 9.53 Å². The number of esters is 1. The maximum Gasteiger partial charge on any atom is 0.369 e.